The first-order chi connectivity index (χ1) is 9.02. The number of rotatable bonds is 2. The van der Waals surface area contributed by atoms with E-state index < -0.39 is 0 Å². The van der Waals surface area contributed by atoms with Crippen molar-refractivity contribution in [3.63, 3.8) is 0 Å². The summed E-state index contributed by atoms with van der Waals surface area (Å²) in [5, 5.41) is 0. The molecule has 19 heavy (non-hydrogen) atoms. The van der Waals surface area contributed by atoms with Crippen LogP contribution in [0.2, 0.25) is 0 Å². The number of aromatic amines is 1. The maximum atomic E-state index is 4.67. The molecule has 1 aliphatic rings. The van der Waals surface area contributed by atoms with E-state index in [9.17, 15) is 0 Å². The number of nitrogens with zero attached hydrogens (tertiary/aromatic N) is 1. The Morgan fingerprint density at radius 1 is 1.26 bits per heavy atom. The van der Waals surface area contributed by atoms with Crippen molar-refractivity contribution in [1.82, 2.24) is 9.97 Å². The van der Waals surface area contributed by atoms with E-state index in [1.165, 1.54) is 24.8 Å². The number of imidazole rings is 1. The minimum Gasteiger partial charge on any atom is -0.338 e. The third-order valence-electron chi connectivity index (χ3n) is 4.04. The third kappa shape index (κ3) is 2.58. The van der Waals surface area contributed by atoms with E-state index in [2.05, 4.69) is 61.1 Å². The number of hydrogen-bond acceptors (Lipinski definition) is 1. The summed E-state index contributed by atoms with van der Waals surface area (Å²) in [5.74, 6) is 1.76. The molecule has 2 heteroatoms. The summed E-state index contributed by atoms with van der Waals surface area (Å²) in [5.41, 5.74) is 3.71. The fourth-order valence-corrected chi connectivity index (χ4v) is 2.43. The van der Waals surface area contributed by atoms with Crippen LogP contribution in [0.15, 0.2) is 24.3 Å². The number of allylic oxidation sites excluding steroid dienone is 1. The van der Waals surface area contributed by atoms with E-state index in [1.807, 2.05) is 0 Å². The molecular weight excluding hydrogens is 232 g/mol. The molecule has 1 fully saturated rings. The fourth-order valence-electron chi connectivity index (χ4n) is 2.43. The van der Waals surface area contributed by atoms with Crippen LogP contribution < -0.4 is 0 Å². The molecule has 1 heterocycles. The molecule has 0 saturated heterocycles. The van der Waals surface area contributed by atoms with Crippen molar-refractivity contribution in [3.05, 3.63) is 35.7 Å². The minimum atomic E-state index is 0.176. The van der Waals surface area contributed by atoms with Crippen molar-refractivity contribution in [1.29, 1.82) is 0 Å². The Balaban J connectivity index is 1.89. The van der Waals surface area contributed by atoms with Gasteiger partial charge in [0.15, 0.2) is 0 Å². The largest absolute Gasteiger partial charge is 0.338 e. The maximum Gasteiger partial charge on any atom is 0.130 e. The summed E-state index contributed by atoms with van der Waals surface area (Å²) < 4.78 is 0. The first-order valence-corrected chi connectivity index (χ1v) is 7.21. The van der Waals surface area contributed by atoms with Crippen LogP contribution in [-0.2, 0) is 5.41 Å². The molecule has 1 saturated carbocycles. The lowest BCUT2D eigenvalue weighted by Crippen LogP contribution is -2.10. The van der Waals surface area contributed by atoms with E-state index in [4.69, 9.17) is 0 Å². The highest BCUT2D eigenvalue weighted by atomic mass is 14.9. The molecule has 1 aromatic heterocycles. The fraction of sp³-hybridized carbons (Fsp3) is 0.471. The van der Waals surface area contributed by atoms with E-state index >= 15 is 0 Å². The second-order valence-corrected chi connectivity index (χ2v) is 6.65. The van der Waals surface area contributed by atoms with E-state index in [0.717, 1.165) is 22.8 Å². The average Bonchev–Trinajstić information content (AvgIpc) is 2.67. The van der Waals surface area contributed by atoms with Gasteiger partial charge in [-0.15, -0.1) is 0 Å². The number of benzene rings is 1. The number of H-pyrrole nitrogens is 1. The lowest BCUT2D eigenvalue weighted by molar-refractivity contribution is 0.389. The van der Waals surface area contributed by atoms with Gasteiger partial charge >= 0.3 is 0 Å². The summed E-state index contributed by atoms with van der Waals surface area (Å²) in [7, 11) is 0. The summed E-state index contributed by atoms with van der Waals surface area (Å²) in [6.07, 6.45) is 8.49. The highest BCUT2D eigenvalue weighted by Gasteiger charge is 2.15. The van der Waals surface area contributed by atoms with Crippen LogP contribution in [0.5, 0.6) is 0 Å². The zero-order valence-electron chi connectivity index (χ0n) is 12.0. The van der Waals surface area contributed by atoms with Crippen LogP contribution in [0.1, 0.15) is 51.4 Å². The molecule has 3 rings (SSSR count). The molecular formula is C17H22N2. The molecule has 0 radical (unpaired) electrons. The second-order valence-electron chi connectivity index (χ2n) is 6.65. The molecule has 0 amide bonds. The Morgan fingerprint density at radius 2 is 2.05 bits per heavy atom. The Labute approximate surface area is 114 Å². The molecule has 100 valence electrons. The smallest absolute Gasteiger partial charge is 0.130 e. The highest BCUT2D eigenvalue weighted by molar-refractivity contribution is 5.77. The second kappa shape index (κ2) is 4.52. The van der Waals surface area contributed by atoms with Gasteiger partial charge < -0.3 is 4.98 Å². The van der Waals surface area contributed by atoms with Crippen LogP contribution in [0.25, 0.3) is 17.1 Å². The van der Waals surface area contributed by atoms with Crippen LogP contribution >= 0.6 is 0 Å². The van der Waals surface area contributed by atoms with Crippen molar-refractivity contribution in [3.8, 4) is 0 Å². The lowest BCUT2D eigenvalue weighted by atomic mass is 9.85. The highest BCUT2D eigenvalue weighted by Crippen LogP contribution is 2.28. The van der Waals surface area contributed by atoms with Crippen LogP contribution in [0.4, 0.5) is 0 Å². The van der Waals surface area contributed by atoms with Crippen molar-refractivity contribution in [2.45, 2.75) is 45.4 Å². The van der Waals surface area contributed by atoms with E-state index in [0.29, 0.717) is 0 Å². The maximum absolute atomic E-state index is 4.67. The predicted molar refractivity (Wildman–Crippen MR) is 81.2 cm³/mol. The van der Waals surface area contributed by atoms with Crippen molar-refractivity contribution in [2.24, 2.45) is 5.92 Å². The van der Waals surface area contributed by atoms with Crippen LogP contribution in [0.3, 0.4) is 0 Å². The third-order valence-corrected chi connectivity index (χ3v) is 4.04. The zero-order chi connectivity index (χ0) is 13.5. The monoisotopic (exact) mass is 254 g/mol. The molecule has 2 aromatic rings. The molecule has 0 atom stereocenters. The Hall–Kier alpha value is -1.57. The quantitative estimate of drug-likeness (QED) is 0.828. The molecule has 1 N–H and O–H groups in total. The van der Waals surface area contributed by atoms with Gasteiger partial charge in [0, 0.05) is 0 Å². The van der Waals surface area contributed by atoms with Gasteiger partial charge in [0.2, 0.25) is 0 Å². The summed E-state index contributed by atoms with van der Waals surface area (Å²) in [6.45, 7) is 6.70. The SMILES string of the molecule is CC(C)(C)c1ccc2[nH]c(/C=C\C3CCC3)nc2c1. The normalized spacial score (nSPS) is 17.2. The standard InChI is InChI=1S/C17H22N2/c1-17(2,3)13-8-9-14-15(11-13)19-16(18-14)10-7-12-5-4-6-12/h7-12H,4-6H2,1-3H3,(H,18,19)/b10-7-. The van der Waals surface area contributed by atoms with E-state index in [1.54, 1.807) is 0 Å². The van der Waals surface area contributed by atoms with Crippen molar-refractivity contribution < 1.29 is 0 Å². The van der Waals surface area contributed by atoms with Gasteiger partial charge in [0.1, 0.15) is 5.82 Å². The van der Waals surface area contributed by atoms with Gasteiger partial charge in [0.05, 0.1) is 11.0 Å². The number of aromatic nitrogens is 2. The molecule has 0 spiro atoms. The zero-order valence-corrected chi connectivity index (χ0v) is 12.0. The van der Waals surface area contributed by atoms with Gasteiger partial charge in [-0.2, -0.15) is 0 Å². The Bertz CT molecular complexity index is 610. The molecule has 1 aromatic carbocycles. The first-order valence-electron chi connectivity index (χ1n) is 7.21. The van der Waals surface area contributed by atoms with Crippen molar-refractivity contribution >= 4 is 17.1 Å². The topological polar surface area (TPSA) is 28.7 Å². The van der Waals surface area contributed by atoms with Gasteiger partial charge in [-0.3, -0.25) is 0 Å². The Kier molecular flexibility index (Phi) is 2.96. The van der Waals surface area contributed by atoms with Crippen LogP contribution in [-0.4, -0.2) is 9.97 Å². The molecule has 0 aliphatic heterocycles. The van der Waals surface area contributed by atoms with Gasteiger partial charge in [0.25, 0.3) is 0 Å². The molecule has 0 bridgehead atoms. The predicted octanol–water partition coefficient (Wildman–Crippen LogP) is 4.67. The van der Waals surface area contributed by atoms with E-state index in [-0.39, 0.29) is 5.41 Å². The molecule has 2 nitrogen and oxygen atoms in total. The summed E-state index contributed by atoms with van der Waals surface area (Å²) in [6, 6.07) is 6.54. The van der Waals surface area contributed by atoms with Crippen LogP contribution in [0, 0.1) is 5.92 Å². The first kappa shape index (κ1) is 12.5. The number of hydrogen-bond donors (Lipinski definition) is 1. The summed E-state index contributed by atoms with van der Waals surface area (Å²) in [4.78, 5) is 8.05. The molecule has 1 aliphatic carbocycles. The minimum absolute atomic E-state index is 0.176. The lowest BCUT2D eigenvalue weighted by Gasteiger charge is -2.20. The average molecular weight is 254 g/mol. The Morgan fingerprint density at radius 3 is 2.68 bits per heavy atom. The molecule has 0 unspecified atom stereocenters. The van der Waals surface area contributed by atoms with Crippen molar-refractivity contribution in [2.75, 3.05) is 0 Å². The van der Waals surface area contributed by atoms with Gasteiger partial charge in [-0.05, 0) is 47.9 Å². The van der Waals surface area contributed by atoms with Gasteiger partial charge in [-0.1, -0.05) is 39.3 Å². The van der Waals surface area contributed by atoms with Gasteiger partial charge in [-0.25, -0.2) is 4.98 Å². The number of nitrogens with one attached hydrogen (secondary N) is 1. The summed E-state index contributed by atoms with van der Waals surface area (Å²) >= 11 is 0. The number of fused-ring (bicyclic) bond motifs is 1.